The summed E-state index contributed by atoms with van der Waals surface area (Å²) in [6.45, 7) is 3.35. The summed E-state index contributed by atoms with van der Waals surface area (Å²) in [5, 5.41) is 0. The molecule has 0 bridgehead atoms. The van der Waals surface area contributed by atoms with Gasteiger partial charge in [0.15, 0.2) is 0 Å². The molecule has 1 aromatic carbocycles. The quantitative estimate of drug-likeness (QED) is 0.940. The molecule has 2 aromatic rings. The smallest absolute Gasteiger partial charge is 0.128 e. The minimum Gasteiger partial charge on any atom is -0.355 e. The van der Waals surface area contributed by atoms with Crippen LogP contribution < -0.4 is 10.6 Å². The number of benzene rings is 1. The molecule has 0 radical (unpaired) electrons. The average molecular weight is 320 g/mol. The van der Waals surface area contributed by atoms with E-state index in [1.54, 1.807) is 0 Å². The first kappa shape index (κ1) is 14.0. The molecule has 1 heterocycles. The van der Waals surface area contributed by atoms with Gasteiger partial charge in [0, 0.05) is 30.3 Å². The Morgan fingerprint density at radius 1 is 1.16 bits per heavy atom. The fraction of sp³-hybridized carbons (Fsp3) is 0.267. The lowest BCUT2D eigenvalue weighted by Crippen LogP contribution is -2.18. The number of nitrogens with zero attached hydrogens (tertiary/aromatic N) is 2. The lowest BCUT2D eigenvalue weighted by Gasteiger charge is -2.20. The second-order valence-electron chi connectivity index (χ2n) is 4.57. The molecule has 4 heteroatoms. The summed E-state index contributed by atoms with van der Waals surface area (Å²) in [5.74, 6) is 0.963. The first-order valence-corrected chi connectivity index (χ1v) is 7.02. The largest absolute Gasteiger partial charge is 0.355 e. The van der Waals surface area contributed by atoms with Crippen LogP contribution in [0.5, 0.6) is 0 Å². The van der Waals surface area contributed by atoms with Gasteiger partial charge in [0.25, 0.3) is 0 Å². The topological polar surface area (TPSA) is 42.2 Å². The van der Waals surface area contributed by atoms with Crippen LogP contribution in [0.4, 0.5) is 5.82 Å². The van der Waals surface area contributed by atoms with Crippen molar-refractivity contribution >= 4 is 21.7 Å². The van der Waals surface area contributed by atoms with Crippen molar-refractivity contribution in [1.29, 1.82) is 0 Å². The van der Waals surface area contributed by atoms with Gasteiger partial charge in [-0.2, -0.15) is 0 Å². The number of rotatable bonds is 4. The van der Waals surface area contributed by atoms with Gasteiger partial charge >= 0.3 is 0 Å². The Bertz CT molecular complexity index is 569. The third-order valence-corrected chi connectivity index (χ3v) is 3.93. The normalized spacial score (nSPS) is 10.5. The molecule has 100 valence electrons. The summed E-state index contributed by atoms with van der Waals surface area (Å²) in [4.78, 5) is 6.73. The minimum atomic E-state index is 0.535. The molecule has 0 atom stereocenters. The third-order valence-electron chi connectivity index (χ3n) is 3.16. The molecular formula is C15H18BrN3. The summed E-state index contributed by atoms with van der Waals surface area (Å²) in [6, 6.07) is 12.3. The first-order chi connectivity index (χ1) is 9.11. The van der Waals surface area contributed by atoms with E-state index in [1.807, 2.05) is 38.2 Å². The first-order valence-electron chi connectivity index (χ1n) is 6.23. The Morgan fingerprint density at radius 2 is 1.89 bits per heavy atom. The number of hydrogen-bond donors (Lipinski definition) is 1. The van der Waals surface area contributed by atoms with E-state index in [0.717, 1.165) is 28.1 Å². The van der Waals surface area contributed by atoms with Crippen LogP contribution in [-0.4, -0.2) is 12.0 Å². The molecule has 0 aliphatic rings. The van der Waals surface area contributed by atoms with Crippen LogP contribution in [0.2, 0.25) is 0 Å². The minimum absolute atomic E-state index is 0.535. The number of nitrogens with two attached hydrogens (primary N) is 1. The highest BCUT2D eigenvalue weighted by molar-refractivity contribution is 9.10. The maximum Gasteiger partial charge on any atom is 0.128 e. The second kappa shape index (κ2) is 6.17. The predicted octanol–water partition coefficient (Wildman–Crippen LogP) is 3.25. The van der Waals surface area contributed by atoms with Gasteiger partial charge in [-0.15, -0.1) is 0 Å². The zero-order valence-electron chi connectivity index (χ0n) is 11.2. The summed E-state index contributed by atoms with van der Waals surface area (Å²) in [5.41, 5.74) is 9.00. The van der Waals surface area contributed by atoms with Crippen molar-refractivity contribution in [2.45, 2.75) is 20.0 Å². The van der Waals surface area contributed by atoms with E-state index in [9.17, 15) is 0 Å². The third kappa shape index (κ3) is 3.33. The highest BCUT2D eigenvalue weighted by atomic mass is 79.9. The number of pyridine rings is 1. The molecule has 2 rings (SSSR count). The molecule has 0 unspecified atom stereocenters. The molecular weight excluding hydrogens is 302 g/mol. The van der Waals surface area contributed by atoms with Gasteiger partial charge in [0.2, 0.25) is 0 Å². The fourth-order valence-electron chi connectivity index (χ4n) is 1.97. The molecule has 0 fully saturated rings. The summed E-state index contributed by atoms with van der Waals surface area (Å²) >= 11 is 3.57. The molecule has 3 nitrogen and oxygen atoms in total. The summed E-state index contributed by atoms with van der Waals surface area (Å²) in [6.07, 6.45) is 0. The zero-order chi connectivity index (χ0) is 13.8. The van der Waals surface area contributed by atoms with E-state index in [2.05, 4.69) is 37.9 Å². The SMILES string of the molecule is Cc1nc(N(C)Cc2ccccc2Br)ccc1CN. The highest BCUT2D eigenvalue weighted by Gasteiger charge is 2.07. The number of halogens is 1. The van der Waals surface area contributed by atoms with E-state index in [-0.39, 0.29) is 0 Å². The molecule has 0 spiro atoms. The molecule has 0 amide bonds. The number of anilines is 1. The molecule has 1 aromatic heterocycles. The zero-order valence-corrected chi connectivity index (χ0v) is 12.8. The maximum absolute atomic E-state index is 5.66. The molecule has 0 saturated carbocycles. The summed E-state index contributed by atoms with van der Waals surface area (Å²) in [7, 11) is 2.04. The molecule has 19 heavy (non-hydrogen) atoms. The van der Waals surface area contributed by atoms with Gasteiger partial charge in [-0.25, -0.2) is 4.98 Å². The van der Waals surface area contributed by atoms with Crippen LogP contribution >= 0.6 is 15.9 Å². The van der Waals surface area contributed by atoms with Gasteiger partial charge in [-0.3, -0.25) is 0 Å². The Hall–Kier alpha value is -1.39. The van der Waals surface area contributed by atoms with Gasteiger partial charge in [-0.1, -0.05) is 40.2 Å². The van der Waals surface area contributed by atoms with Crippen molar-refractivity contribution < 1.29 is 0 Å². The van der Waals surface area contributed by atoms with Crippen molar-refractivity contribution in [2.24, 2.45) is 5.73 Å². The maximum atomic E-state index is 5.66. The second-order valence-corrected chi connectivity index (χ2v) is 5.42. The van der Waals surface area contributed by atoms with Crippen LogP contribution in [0.3, 0.4) is 0 Å². The number of aryl methyl sites for hydroxylation is 1. The van der Waals surface area contributed by atoms with Crippen molar-refractivity contribution in [3.05, 3.63) is 57.7 Å². The van der Waals surface area contributed by atoms with Gasteiger partial charge in [0.05, 0.1) is 0 Å². The van der Waals surface area contributed by atoms with Crippen LogP contribution in [0.15, 0.2) is 40.9 Å². The van der Waals surface area contributed by atoms with E-state index >= 15 is 0 Å². The molecule has 0 aliphatic carbocycles. The molecule has 2 N–H and O–H groups in total. The van der Waals surface area contributed by atoms with E-state index in [0.29, 0.717) is 6.54 Å². The van der Waals surface area contributed by atoms with Crippen molar-refractivity contribution in [1.82, 2.24) is 4.98 Å². The van der Waals surface area contributed by atoms with Crippen molar-refractivity contribution in [3.8, 4) is 0 Å². The predicted molar refractivity (Wildman–Crippen MR) is 83.1 cm³/mol. The van der Waals surface area contributed by atoms with E-state index < -0.39 is 0 Å². The Morgan fingerprint density at radius 3 is 2.53 bits per heavy atom. The number of aromatic nitrogens is 1. The van der Waals surface area contributed by atoms with Crippen LogP contribution in [0.25, 0.3) is 0 Å². The van der Waals surface area contributed by atoms with Crippen molar-refractivity contribution in [3.63, 3.8) is 0 Å². The van der Waals surface area contributed by atoms with Crippen LogP contribution in [0.1, 0.15) is 16.8 Å². The fourth-order valence-corrected chi connectivity index (χ4v) is 2.38. The Balaban J connectivity index is 2.18. The van der Waals surface area contributed by atoms with Gasteiger partial charge in [-0.05, 0) is 30.2 Å². The van der Waals surface area contributed by atoms with Crippen LogP contribution in [0, 0.1) is 6.92 Å². The Kier molecular flexibility index (Phi) is 4.56. The van der Waals surface area contributed by atoms with Crippen LogP contribution in [-0.2, 0) is 13.1 Å². The monoisotopic (exact) mass is 319 g/mol. The van der Waals surface area contributed by atoms with E-state index in [4.69, 9.17) is 5.73 Å². The summed E-state index contributed by atoms with van der Waals surface area (Å²) < 4.78 is 1.12. The highest BCUT2D eigenvalue weighted by Crippen LogP contribution is 2.20. The Labute approximate surface area is 122 Å². The lowest BCUT2D eigenvalue weighted by atomic mass is 10.2. The standard InChI is InChI=1S/C15H18BrN3/c1-11-12(9-17)7-8-15(18-11)19(2)10-13-5-3-4-6-14(13)16/h3-8H,9-10,17H2,1-2H3. The lowest BCUT2D eigenvalue weighted by molar-refractivity contribution is 0.880. The number of hydrogen-bond acceptors (Lipinski definition) is 3. The van der Waals surface area contributed by atoms with Gasteiger partial charge in [0.1, 0.15) is 5.82 Å². The molecule has 0 aliphatic heterocycles. The average Bonchev–Trinajstić information content (AvgIpc) is 2.41. The van der Waals surface area contributed by atoms with Gasteiger partial charge < -0.3 is 10.6 Å². The molecule has 0 saturated heterocycles. The van der Waals surface area contributed by atoms with Crippen molar-refractivity contribution in [2.75, 3.05) is 11.9 Å². The van der Waals surface area contributed by atoms with E-state index in [1.165, 1.54) is 5.56 Å².